The van der Waals surface area contributed by atoms with Crippen molar-refractivity contribution >= 4 is 11.6 Å². The van der Waals surface area contributed by atoms with E-state index in [4.69, 9.17) is 4.74 Å². The lowest BCUT2D eigenvalue weighted by molar-refractivity contribution is 0.102. The number of aromatic hydroxyl groups is 1. The number of halogens is 3. The second kappa shape index (κ2) is 5.74. The molecule has 0 unspecified atom stereocenters. The molecule has 2 rings (SSSR count). The van der Waals surface area contributed by atoms with Crippen LogP contribution in [-0.2, 0) is 0 Å². The number of benzene rings is 2. The van der Waals surface area contributed by atoms with E-state index >= 15 is 0 Å². The minimum Gasteiger partial charge on any atom is -0.504 e. The molecule has 0 heterocycles. The predicted octanol–water partition coefficient (Wildman–Crippen LogP) is 3.07. The number of amides is 1. The Kier molecular flexibility index (Phi) is 4.02. The van der Waals surface area contributed by atoms with Gasteiger partial charge in [-0.05, 0) is 12.1 Å². The number of phenolic OH excluding ortho intramolecular Hbond substituents is 1. The molecule has 7 heteroatoms. The monoisotopic (exact) mass is 297 g/mol. The van der Waals surface area contributed by atoms with Crippen molar-refractivity contribution in [3.8, 4) is 11.5 Å². The first-order valence-corrected chi connectivity index (χ1v) is 5.76. The van der Waals surface area contributed by atoms with Gasteiger partial charge in [-0.1, -0.05) is 6.07 Å². The Morgan fingerprint density at radius 3 is 2.48 bits per heavy atom. The molecule has 0 radical (unpaired) electrons. The van der Waals surface area contributed by atoms with Crippen molar-refractivity contribution in [3.63, 3.8) is 0 Å². The molecule has 0 saturated heterocycles. The van der Waals surface area contributed by atoms with Gasteiger partial charge < -0.3 is 15.2 Å². The molecular weight excluding hydrogens is 287 g/mol. The Bertz CT molecular complexity index is 704. The van der Waals surface area contributed by atoms with Crippen LogP contribution >= 0.6 is 0 Å². The quantitative estimate of drug-likeness (QED) is 0.856. The third-order valence-electron chi connectivity index (χ3n) is 2.72. The van der Waals surface area contributed by atoms with E-state index in [0.717, 1.165) is 0 Å². The molecule has 21 heavy (non-hydrogen) atoms. The third-order valence-corrected chi connectivity index (χ3v) is 2.72. The standard InChI is InChI=1S/C14H10F3NO3/c1-21-12-4-2-3-7(13(12)19)14(20)18-11-6-9(16)8(15)5-10(11)17/h2-6,19H,1H3,(H,18,20). The summed E-state index contributed by atoms with van der Waals surface area (Å²) in [6, 6.07) is 4.96. The summed E-state index contributed by atoms with van der Waals surface area (Å²) in [4.78, 5) is 11.9. The molecule has 110 valence electrons. The number of carbonyl (C=O) groups excluding carboxylic acids is 1. The number of hydrogen-bond donors (Lipinski definition) is 2. The van der Waals surface area contributed by atoms with E-state index in [1.54, 1.807) is 0 Å². The summed E-state index contributed by atoms with van der Waals surface area (Å²) < 4.78 is 44.1. The fourth-order valence-corrected chi connectivity index (χ4v) is 1.68. The molecule has 1 amide bonds. The van der Waals surface area contributed by atoms with E-state index in [1.807, 2.05) is 0 Å². The van der Waals surface area contributed by atoms with Crippen molar-refractivity contribution in [2.75, 3.05) is 12.4 Å². The Labute approximate surface area is 117 Å². The van der Waals surface area contributed by atoms with Gasteiger partial charge in [0.25, 0.3) is 5.91 Å². The summed E-state index contributed by atoms with van der Waals surface area (Å²) in [5.41, 5.74) is -0.736. The Hall–Kier alpha value is -2.70. The zero-order chi connectivity index (χ0) is 15.6. The maximum Gasteiger partial charge on any atom is 0.259 e. The van der Waals surface area contributed by atoms with Gasteiger partial charge in [-0.3, -0.25) is 4.79 Å². The molecule has 2 aromatic rings. The number of nitrogens with one attached hydrogen (secondary N) is 1. The minimum atomic E-state index is -1.37. The molecular formula is C14H10F3NO3. The van der Waals surface area contributed by atoms with Crippen molar-refractivity contribution in [3.05, 3.63) is 53.3 Å². The second-order valence-corrected chi connectivity index (χ2v) is 4.06. The third kappa shape index (κ3) is 2.91. The van der Waals surface area contributed by atoms with Gasteiger partial charge in [-0.15, -0.1) is 0 Å². The van der Waals surface area contributed by atoms with Crippen molar-refractivity contribution in [2.24, 2.45) is 0 Å². The van der Waals surface area contributed by atoms with Gasteiger partial charge in [0.1, 0.15) is 5.82 Å². The van der Waals surface area contributed by atoms with Gasteiger partial charge >= 0.3 is 0 Å². The summed E-state index contributed by atoms with van der Waals surface area (Å²) in [5, 5.41) is 11.8. The number of rotatable bonds is 3. The summed E-state index contributed by atoms with van der Waals surface area (Å²) in [6.45, 7) is 0. The lowest BCUT2D eigenvalue weighted by Crippen LogP contribution is -2.14. The van der Waals surface area contributed by atoms with Crippen LogP contribution in [0, 0.1) is 17.5 Å². The van der Waals surface area contributed by atoms with Gasteiger partial charge in [-0.25, -0.2) is 13.2 Å². The highest BCUT2D eigenvalue weighted by molar-refractivity contribution is 6.06. The van der Waals surface area contributed by atoms with Crippen LogP contribution in [0.2, 0.25) is 0 Å². The average molecular weight is 297 g/mol. The highest BCUT2D eigenvalue weighted by Gasteiger charge is 2.17. The lowest BCUT2D eigenvalue weighted by atomic mass is 10.1. The topological polar surface area (TPSA) is 58.6 Å². The normalized spacial score (nSPS) is 10.3. The molecule has 0 aliphatic carbocycles. The molecule has 2 N–H and O–H groups in total. The maximum atomic E-state index is 13.4. The van der Waals surface area contributed by atoms with Crippen molar-refractivity contribution in [2.45, 2.75) is 0 Å². The number of hydrogen-bond acceptors (Lipinski definition) is 3. The summed E-state index contributed by atoms with van der Waals surface area (Å²) in [5.74, 6) is -5.09. The Balaban J connectivity index is 2.33. The van der Waals surface area contributed by atoms with Crippen LogP contribution in [0.4, 0.5) is 18.9 Å². The number of methoxy groups -OCH3 is 1. The summed E-state index contributed by atoms with van der Waals surface area (Å²) >= 11 is 0. The largest absolute Gasteiger partial charge is 0.504 e. The number of phenols is 1. The van der Waals surface area contributed by atoms with Crippen LogP contribution in [0.3, 0.4) is 0 Å². The van der Waals surface area contributed by atoms with Crippen molar-refractivity contribution in [1.29, 1.82) is 0 Å². The second-order valence-electron chi connectivity index (χ2n) is 4.06. The fourth-order valence-electron chi connectivity index (χ4n) is 1.68. The maximum absolute atomic E-state index is 13.4. The van der Waals surface area contributed by atoms with E-state index in [-0.39, 0.29) is 11.3 Å². The van der Waals surface area contributed by atoms with E-state index < -0.39 is 34.8 Å². The first-order valence-electron chi connectivity index (χ1n) is 5.76. The minimum absolute atomic E-state index is 0.0495. The Morgan fingerprint density at radius 2 is 1.81 bits per heavy atom. The predicted molar refractivity (Wildman–Crippen MR) is 68.9 cm³/mol. The van der Waals surface area contributed by atoms with Crippen LogP contribution < -0.4 is 10.1 Å². The molecule has 0 spiro atoms. The van der Waals surface area contributed by atoms with Crippen LogP contribution in [0.15, 0.2) is 30.3 Å². The molecule has 0 aliphatic rings. The zero-order valence-electron chi connectivity index (χ0n) is 10.8. The van der Waals surface area contributed by atoms with Crippen molar-refractivity contribution in [1.82, 2.24) is 0 Å². The number of para-hydroxylation sites is 1. The van der Waals surface area contributed by atoms with Crippen LogP contribution in [0.25, 0.3) is 0 Å². The number of ether oxygens (including phenoxy) is 1. The molecule has 0 atom stereocenters. The molecule has 0 aromatic heterocycles. The molecule has 2 aromatic carbocycles. The average Bonchev–Trinajstić information content (AvgIpc) is 2.44. The van der Waals surface area contributed by atoms with E-state index in [0.29, 0.717) is 12.1 Å². The molecule has 4 nitrogen and oxygen atoms in total. The van der Waals surface area contributed by atoms with Crippen LogP contribution in [-0.4, -0.2) is 18.1 Å². The summed E-state index contributed by atoms with van der Waals surface area (Å²) in [7, 11) is 1.30. The number of anilines is 1. The zero-order valence-corrected chi connectivity index (χ0v) is 10.8. The lowest BCUT2D eigenvalue weighted by Gasteiger charge is -2.10. The van der Waals surface area contributed by atoms with Crippen LogP contribution in [0.1, 0.15) is 10.4 Å². The highest BCUT2D eigenvalue weighted by Crippen LogP contribution is 2.30. The van der Waals surface area contributed by atoms with Gasteiger partial charge in [0.05, 0.1) is 18.4 Å². The van der Waals surface area contributed by atoms with Gasteiger partial charge in [0.2, 0.25) is 0 Å². The van der Waals surface area contributed by atoms with Gasteiger partial charge in [-0.2, -0.15) is 0 Å². The smallest absolute Gasteiger partial charge is 0.259 e. The first kappa shape index (κ1) is 14.7. The SMILES string of the molecule is COc1cccc(C(=O)Nc2cc(F)c(F)cc2F)c1O. The fraction of sp³-hybridized carbons (Fsp3) is 0.0714. The molecule has 0 aliphatic heterocycles. The van der Waals surface area contributed by atoms with E-state index in [2.05, 4.69) is 5.32 Å². The molecule has 0 saturated carbocycles. The van der Waals surface area contributed by atoms with Crippen molar-refractivity contribution < 1.29 is 27.8 Å². The first-order chi connectivity index (χ1) is 9.93. The van der Waals surface area contributed by atoms with E-state index in [9.17, 15) is 23.1 Å². The molecule has 0 fully saturated rings. The van der Waals surface area contributed by atoms with Gasteiger partial charge in [0, 0.05) is 12.1 Å². The van der Waals surface area contributed by atoms with Crippen LogP contribution in [0.5, 0.6) is 11.5 Å². The summed E-state index contributed by atoms with van der Waals surface area (Å²) in [6.07, 6.45) is 0. The molecule has 0 bridgehead atoms. The van der Waals surface area contributed by atoms with E-state index in [1.165, 1.54) is 25.3 Å². The number of carbonyl (C=O) groups is 1. The highest BCUT2D eigenvalue weighted by atomic mass is 19.2. The van der Waals surface area contributed by atoms with Gasteiger partial charge in [0.15, 0.2) is 23.1 Å². The Morgan fingerprint density at radius 1 is 1.14 bits per heavy atom.